The summed E-state index contributed by atoms with van der Waals surface area (Å²) < 4.78 is 4.98. The van der Waals surface area contributed by atoms with Crippen molar-refractivity contribution in [1.29, 1.82) is 5.26 Å². The van der Waals surface area contributed by atoms with Gasteiger partial charge in [0.05, 0.1) is 21.8 Å². The maximum absolute atomic E-state index is 12.0. The number of aryl methyl sites for hydroxylation is 1. The number of halogens is 1. The molecular formula is C17H14ClN3O3S. The van der Waals surface area contributed by atoms with Gasteiger partial charge in [-0.15, -0.1) is 11.3 Å². The molecule has 128 valence electrons. The van der Waals surface area contributed by atoms with E-state index in [9.17, 15) is 14.9 Å². The van der Waals surface area contributed by atoms with E-state index >= 15 is 0 Å². The Morgan fingerprint density at radius 2 is 2.20 bits per heavy atom. The van der Waals surface area contributed by atoms with E-state index in [-0.39, 0.29) is 11.3 Å². The van der Waals surface area contributed by atoms with Gasteiger partial charge in [-0.1, -0.05) is 11.6 Å². The molecule has 0 radical (unpaired) electrons. The number of amides is 1. The van der Waals surface area contributed by atoms with Crippen LogP contribution in [-0.2, 0) is 22.4 Å². The quantitative estimate of drug-likeness (QED) is 0.630. The number of thiophene rings is 1. The molecule has 1 aromatic heterocycles. The molecule has 0 fully saturated rings. The van der Waals surface area contributed by atoms with E-state index in [1.54, 1.807) is 0 Å². The lowest BCUT2D eigenvalue weighted by atomic mass is 10.1. The van der Waals surface area contributed by atoms with Gasteiger partial charge >= 0.3 is 5.97 Å². The molecule has 25 heavy (non-hydrogen) atoms. The molecule has 0 atom stereocenters. The number of hydrogen-bond acceptors (Lipinski definition) is 6. The molecule has 1 heterocycles. The zero-order chi connectivity index (χ0) is 18.0. The van der Waals surface area contributed by atoms with Gasteiger partial charge in [0.15, 0.2) is 6.61 Å². The van der Waals surface area contributed by atoms with Crippen molar-refractivity contribution in [2.24, 2.45) is 0 Å². The maximum Gasteiger partial charge on any atom is 0.338 e. The first-order valence-electron chi connectivity index (χ1n) is 7.56. The molecule has 3 rings (SSSR count). The van der Waals surface area contributed by atoms with Crippen molar-refractivity contribution in [3.05, 3.63) is 44.8 Å². The van der Waals surface area contributed by atoms with Crippen molar-refractivity contribution < 1.29 is 14.3 Å². The summed E-state index contributed by atoms with van der Waals surface area (Å²) in [6.45, 7) is -0.450. The number of rotatable bonds is 4. The summed E-state index contributed by atoms with van der Waals surface area (Å²) in [6, 6.07) is 6.49. The summed E-state index contributed by atoms with van der Waals surface area (Å²) in [5.41, 5.74) is 7.64. The summed E-state index contributed by atoms with van der Waals surface area (Å²) in [5.74, 6) is -1.17. The number of nitriles is 1. The van der Waals surface area contributed by atoms with E-state index < -0.39 is 18.5 Å². The predicted octanol–water partition coefficient (Wildman–Crippen LogP) is 3.14. The molecule has 0 aliphatic heterocycles. The lowest BCUT2D eigenvalue weighted by Crippen LogP contribution is -2.21. The van der Waals surface area contributed by atoms with Gasteiger partial charge in [-0.05, 0) is 43.0 Å². The normalized spacial score (nSPS) is 12.3. The lowest BCUT2D eigenvalue weighted by molar-refractivity contribution is -0.119. The number of nitrogens with zero attached hydrogens (tertiary/aromatic N) is 1. The number of nitrogens with one attached hydrogen (secondary N) is 1. The van der Waals surface area contributed by atoms with Crippen LogP contribution in [0.3, 0.4) is 0 Å². The molecule has 0 unspecified atom stereocenters. The highest BCUT2D eigenvalue weighted by molar-refractivity contribution is 7.16. The van der Waals surface area contributed by atoms with Crippen LogP contribution in [0.1, 0.15) is 32.8 Å². The van der Waals surface area contributed by atoms with Crippen LogP contribution in [0.15, 0.2) is 18.2 Å². The highest BCUT2D eigenvalue weighted by Gasteiger charge is 2.23. The third kappa shape index (κ3) is 3.60. The number of anilines is 2. The third-order valence-electron chi connectivity index (χ3n) is 3.85. The van der Waals surface area contributed by atoms with Crippen LogP contribution in [0.2, 0.25) is 5.02 Å². The summed E-state index contributed by atoms with van der Waals surface area (Å²) in [5, 5.41) is 12.8. The zero-order valence-corrected chi connectivity index (χ0v) is 14.7. The highest BCUT2D eigenvalue weighted by Crippen LogP contribution is 2.38. The maximum atomic E-state index is 12.0. The van der Waals surface area contributed by atoms with Gasteiger partial charge in [-0.2, -0.15) is 5.26 Å². The standard InChI is InChI=1S/C17H14ClN3O3S/c18-12-5-4-9(6-13(12)20)17(23)24-8-15(22)21-16-11(7-19)10-2-1-3-14(10)25-16/h4-6H,1-3,8,20H2,(H,21,22). The van der Waals surface area contributed by atoms with Crippen LogP contribution < -0.4 is 11.1 Å². The van der Waals surface area contributed by atoms with E-state index in [0.717, 1.165) is 29.7 Å². The molecule has 3 N–H and O–H groups in total. The molecule has 1 aliphatic carbocycles. The van der Waals surface area contributed by atoms with E-state index in [2.05, 4.69) is 11.4 Å². The van der Waals surface area contributed by atoms with Crippen molar-refractivity contribution in [3.63, 3.8) is 0 Å². The SMILES string of the molecule is N#Cc1c(NC(=O)COC(=O)c2ccc(Cl)c(N)c2)sc2c1CCC2. The second-order valence-corrected chi connectivity index (χ2v) is 7.05. The smallest absolute Gasteiger partial charge is 0.338 e. The first-order chi connectivity index (χ1) is 12.0. The van der Waals surface area contributed by atoms with E-state index in [1.807, 2.05) is 0 Å². The average molecular weight is 376 g/mol. The van der Waals surface area contributed by atoms with Crippen LogP contribution in [0.4, 0.5) is 10.7 Å². The predicted molar refractivity (Wildman–Crippen MR) is 95.8 cm³/mol. The Hall–Kier alpha value is -2.56. The molecule has 6 nitrogen and oxygen atoms in total. The van der Waals surface area contributed by atoms with Gasteiger partial charge in [0, 0.05) is 4.88 Å². The Morgan fingerprint density at radius 3 is 2.92 bits per heavy atom. The molecule has 1 amide bonds. The van der Waals surface area contributed by atoms with Crippen molar-refractivity contribution in [3.8, 4) is 6.07 Å². The summed E-state index contributed by atoms with van der Waals surface area (Å²) in [7, 11) is 0. The lowest BCUT2D eigenvalue weighted by Gasteiger charge is -2.07. The molecule has 2 aromatic rings. The van der Waals surface area contributed by atoms with Crippen LogP contribution in [0.25, 0.3) is 0 Å². The number of benzene rings is 1. The van der Waals surface area contributed by atoms with E-state index in [0.29, 0.717) is 15.6 Å². The van der Waals surface area contributed by atoms with Crippen LogP contribution >= 0.6 is 22.9 Å². The second kappa shape index (κ2) is 7.13. The molecule has 0 saturated carbocycles. The Labute approximate surface area is 153 Å². The first-order valence-corrected chi connectivity index (χ1v) is 8.75. The third-order valence-corrected chi connectivity index (χ3v) is 5.40. The fraction of sp³-hybridized carbons (Fsp3) is 0.235. The Bertz CT molecular complexity index is 901. The number of fused-ring (bicyclic) bond motifs is 1. The fourth-order valence-electron chi connectivity index (χ4n) is 2.66. The number of esters is 1. The zero-order valence-electron chi connectivity index (χ0n) is 13.1. The fourth-order valence-corrected chi connectivity index (χ4v) is 4.03. The van der Waals surface area contributed by atoms with Gasteiger partial charge in [0.25, 0.3) is 5.91 Å². The number of ether oxygens (including phenoxy) is 1. The van der Waals surface area contributed by atoms with Crippen molar-refractivity contribution in [2.45, 2.75) is 19.3 Å². The van der Waals surface area contributed by atoms with Gasteiger partial charge < -0.3 is 15.8 Å². The van der Waals surface area contributed by atoms with Gasteiger partial charge in [-0.3, -0.25) is 4.79 Å². The topological polar surface area (TPSA) is 105 Å². The van der Waals surface area contributed by atoms with Crippen LogP contribution in [-0.4, -0.2) is 18.5 Å². The number of hydrogen-bond donors (Lipinski definition) is 2. The minimum Gasteiger partial charge on any atom is -0.452 e. The van der Waals surface area contributed by atoms with Gasteiger partial charge in [0.2, 0.25) is 0 Å². The second-order valence-electron chi connectivity index (χ2n) is 5.53. The summed E-state index contributed by atoms with van der Waals surface area (Å²) in [6.07, 6.45) is 2.82. The first kappa shape index (κ1) is 17.3. The Balaban J connectivity index is 1.61. The molecule has 0 spiro atoms. The molecule has 1 aliphatic rings. The van der Waals surface area contributed by atoms with Crippen LogP contribution in [0.5, 0.6) is 0 Å². The highest BCUT2D eigenvalue weighted by atomic mass is 35.5. The number of nitrogen functional groups attached to an aromatic ring is 1. The van der Waals surface area contributed by atoms with Crippen molar-refractivity contribution in [1.82, 2.24) is 0 Å². The Morgan fingerprint density at radius 1 is 1.40 bits per heavy atom. The van der Waals surface area contributed by atoms with Gasteiger partial charge in [-0.25, -0.2) is 4.79 Å². The number of carbonyl (C=O) groups is 2. The minimum absolute atomic E-state index is 0.211. The molecule has 0 saturated heterocycles. The van der Waals surface area contributed by atoms with Gasteiger partial charge in [0.1, 0.15) is 11.1 Å². The summed E-state index contributed by atoms with van der Waals surface area (Å²) in [4.78, 5) is 25.1. The number of carbonyl (C=O) groups excluding carboxylic acids is 2. The van der Waals surface area contributed by atoms with E-state index in [4.69, 9.17) is 22.1 Å². The van der Waals surface area contributed by atoms with Crippen molar-refractivity contribution in [2.75, 3.05) is 17.7 Å². The van der Waals surface area contributed by atoms with Crippen LogP contribution in [0, 0.1) is 11.3 Å². The molecule has 1 aromatic carbocycles. The monoisotopic (exact) mass is 375 g/mol. The Kier molecular flexibility index (Phi) is 4.93. The largest absolute Gasteiger partial charge is 0.452 e. The molecule has 0 bridgehead atoms. The number of nitrogens with two attached hydrogens (primary N) is 1. The van der Waals surface area contributed by atoms with E-state index in [1.165, 1.54) is 29.5 Å². The minimum atomic E-state index is -0.673. The van der Waals surface area contributed by atoms with Crippen molar-refractivity contribution >= 4 is 45.5 Å². The summed E-state index contributed by atoms with van der Waals surface area (Å²) >= 11 is 7.21. The molecule has 8 heteroatoms. The molecular weight excluding hydrogens is 362 g/mol. The average Bonchev–Trinajstić information content (AvgIpc) is 3.15.